The fraction of sp³-hybridized carbons (Fsp3) is 0.385. The number of nitrogens with zero attached hydrogens (tertiary/aromatic N) is 2. The standard InChI is InChI=1S/C11H12N2O2.C2H6/c1-7-9-4-8(14-2)5-10(15-3)11(9)13-6-12-7;1-2/h4-6H,1-3H3;1-2H3. The number of methoxy groups -OCH3 is 2. The lowest BCUT2D eigenvalue weighted by Gasteiger charge is -2.08. The number of rotatable bonds is 2. The molecule has 0 spiro atoms. The van der Waals surface area contributed by atoms with Crippen LogP contribution in [0, 0.1) is 6.92 Å². The Morgan fingerprint density at radius 3 is 2.29 bits per heavy atom. The van der Waals surface area contributed by atoms with E-state index in [2.05, 4.69) is 9.97 Å². The van der Waals surface area contributed by atoms with E-state index in [1.54, 1.807) is 14.2 Å². The molecule has 1 heterocycles. The molecule has 1 aromatic heterocycles. The molecule has 0 bridgehead atoms. The fourth-order valence-electron chi connectivity index (χ4n) is 1.51. The van der Waals surface area contributed by atoms with Crippen LogP contribution in [0.1, 0.15) is 19.5 Å². The molecule has 0 N–H and O–H groups in total. The molecule has 0 aliphatic carbocycles. The van der Waals surface area contributed by atoms with Crippen LogP contribution in [0.5, 0.6) is 11.5 Å². The summed E-state index contributed by atoms with van der Waals surface area (Å²) in [4.78, 5) is 8.33. The predicted molar refractivity (Wildman–Crippen MR) is 68.7 cm³/mol. The average Bonchev–Trinajstić information content (AvgIpc) is 2.40. The number of aromatic nitrogens is 2. The van der Waals surface area contributed by atoms with Gasteiger partial charge in [-0.15, -0.1) is 0 Å². The van der Waals surface area contributed by atoms with E-state index in [4.69, 9.17) is 9.47 Å². The summed E-state index contributed by atoms with van der Waals surface area (Å²) in [5.74, 6) is 1.45. The fourth-order valence-corrected chi connectivity index (χ4v) is 1.51. The van der Waals surface area contributed by atoms with Gasteiger partial charge >= 0.3 is 0 Å². The third-order valence-corrected chi connectivity index (χ3v) is 2.33. The van der Waals surface area contributed by atoms with E-state index >= 15 is 0 Å². The molecule has 2 aromatic rings. The largest absolute Gasteiger partial charge is 0.497 e. The molecular formula is C13H18N2O2. The van der Waals surface area contributed by atoms with Gasteiger partial charge in [0.15, 0.2) is 0 Å². The highest BCUT2D eigenvalue weighted by molar-refractivity contribution is 5.87. The molecule has 0 atom stereocenters. The zero-order valence-corrected chi connectivity index (χ0v) is 10.9. The van der Waals surface area contributed by atoms with E-state index in [0.29, 0.717) is 5.75 Å². The lowest BCUT2D eigenvalue weighted by atomic mass is 10.1. The van der Waals surface area contributed by atoms with Crippen molar-refractivity contribution in [1.82, 2.24) is 9.97 Å². The van der Waals surface area contributed by atoms with Gasteiger partial charge in [-0.3, -0.25) is 0 Å². The number of fused-ring (bicyclic) bond motifs is 1. The van der Waals surface area contributed by atoms with Gasteiger partial charge in [0.2, 0.25) is 0 Å². The van der Waals surface area contributed by atoms with Gasteiger partial charge in [-0.05, 0) is 13.0 Å². The summed E-state index contributed by atoms with van der Waals surface area (Å²) in [7, 11) is 3.24. The molecule has 4 nitrogen and oxygen atoms in total. The molecule has 92 valence electrons. The summed E-state index contributed by atoms with van der Waals surface area (Å²) < 4.78 is 10.4. The van der Waals surface area contributed by atoms with Gasteiger partial charge in [-0.2, -0.15) is 0 Å². The van der Waals surface area contributed by atoms with E-state index < -0.39 is 0 Å². The van der Waals surface area contributed by atoms with Crippen LogP contribution in [-0.2, 0) is 0 Å². The highest BCUT2D eigenvalue weighted by atomic mass is 16.5. The highest BCUT2D eigenvalue weighted by Gasteiger charge is 2.08. The summed E-state index contributed by atoms with van der Waals surface area (Å²) >= 11 is 0. The maximum absolute atomic E-state index is 5.25. The zero-order chi connectivity index (χ0) is 12.8. The third-order valence-electron chi connectivity index (χ3n) is 2.33. The molecule has 2 rings (SSSR count). The first-order valence-electron chi connectivity index (χ1n) is 5.59. The zero-order valence-electron chi connectivity index (χ0n) is 10.9. The number of ether oxygens (including phenoxy) is 2. The minimum atomic E-state index is 0.704. The van der Waals surface area contributed by atoms with E-state index in [1.165, 1.54) is 6.33 Å². The molecule has 17 heavy (non-hydrogen) atoms. The average molecular weight is 234 g/mol. The Morgan fingerprint density at radius 2 is 1.71 bits per heavy atom. The molecule has 1 aromatic carbocycles. The van der Waals surface area contributed by atoms with Gasteiger partial charge in [0.1, 0.15) is 23.3 Å². The summed E-state index contributed by atoms with van der Waals surface area (Å²) in [6, 6.07) is 3.72. The first kappa shape index (κ1) is 13.2. The maximum Gasteiger partial charge on any atom is 0.148 e. The van der Waals surface area contributed by atoms with Crippen LogP contribution in [0.15, 0.2) is 18.5 Å². The SMILES string of the molecule is CC.COc1cc(OC)c2ncnc(C)c2c1. The van der Waals surface area contributed by atoms with E-state index in [-0.39, 0.29) is 0 Å². The van der Waals surface area contributed by atoms with E-state index in [1.807, 2.05) is 32.9 Å². The van der Waals surface area contributed by atoms with Crippen molar-refractivity contribution in [1.29, 1.82) is 0 Å². The number of aryl methyl sites for hydroxylation is 1. The Balaban J connectivity index is 0.000000686. The third kappa shape index (κ3) is 2.64. The van der Waals surface area contributed by atoms with Gasteiger partial charge in [0.05, 0.1) is 14.2 Å². The second-order valence-electron chi connectivity index (χ2n) is 3.18. The number of hydrogen-bond acceptors (Lipinski definition) is 4. The quantitative estimate of drug-likeness (QED) is 0.801. The summed E-state index contributed by atoms with van der Waals surface area (Å²) in [5.41, 5.74) is 1.73. The van der Waals surface area contributed by atoms with Crippen molar-refractivity contribution < 1.29 is 9.47 Å². The normalized spacial score (nSPS) is 9.47. The Bertz CT molecular complexity index is 498. The van der Waals surface area contributed by atoms with Crippen molar-refractivity contribution in [2.24, 2.45) is 0 Å². The molecule has 0 saturated heterocycles. The van der Waals surface area contributed by atoms with Crippen molar-refractivity contribution in [3.63, 3.8) is 0 Å². The summed E-state index contributed by atoms with van der Waals surface area (Å²) in [5, 5.41) is 0.953. The molecule has 0 amide bonds. The smallest absolute Gasteiger partial charge is 0.148 e. The van der Waals surface area contributed by atoms with Gasteiger partial charge in [-0.25, -0.2) is 9.97 Å². The van der Waals surface area contributed by atoms with Crippen molar-refractivity contribution >= 4 is 10.9 Å². The number of hydrogen-bond donors (Lipinski definition) is 0. The van der Waals surface area contributed by atoms with Crippen molar-refractivity contribution in [3.05, 3.63) is 24.2 Å². The van der Waals surface area contributed by atoms with Crippen molar-refractivity contribution in [2.75, 3.05) is 14.2 Å². The van der Waals surface area contributed by atoms with Gasteiger partial charge in [0, 0.05) is 17.1 Å². The van der Waals surface area contributed by atoms with Crippen LogP contribution in [0.4, 0.5) is 0 Å². The van der Waals surface area contributed by atoms with Crippen LogP contribution < -0.4 is 9.47 Å². The van der Waals surface area contributed by atoms with Gasteiger partial charge in [-0.1, -0.05) is 13.8 Å². The minimum absolute atomic E-state index is 0.704. The summed E-state index contributed by atoms with van der Waals surface area (Å²) in [6.45, 7) is 5.93. The molecule has 0 fully saturated rings. The van der Waals surface area contributed by atoms with Crippen LogP contribution in [0.2, 0.25) is 0 Å². The lowest BCUT2D eigenvalue weighted by molar-refractivity contribution is 0.397. The van der Waals surface area contributed by atoms with Crippen molar-refractivity contribution in [3.8, 4) is 11.5 Å². The first-order chi connectivity index (χ1) is 8.26. The predicted octanol–water partition coefficient (Wildman–Crippen LogP) is 2.98. The number of benzene rings is 1. The van der Waals surface area contributed by atoms with E-state index in [9.17, 15) is 0 Å². The van der Waals surface area contributed by atoms with Gasteiger partial charge < -0.3 is 9.47 Å². The van der Waals surface area contributed by atoms with Gasteiger partial charge in [0.25, 0.3) is 0 Å². The van der Waals surface area contributed by atoms with Crippen molar-refractivity contribution in [2.45, 2.75) is 20.8 Å². The van der Waals surface area contributed by atoms with Crippen LogP contribution >= 0.6 is 0 Å². The maximum atomic E-state index is 5.25. The second-order valence-corrected chi connectivity index (χ2v) is 3.18. The first-order valence-corrected chi connectivity index (χ1v) is 5.59. The Labute approximate surface area is 102 Å². The highest BCUT2D eigenvalue weighted by Crippen LogP contribution is 2.30. The molecule has 0 aliphatic rings. The Morgan fingerprint density at radius 1 is 1.00 bits per heavy atom. The molecule has 4 heteroatoms. The molecule has 0 aliphatic heterocycles. The minimum Gasteiger partial charge on any atom is -0.497 e. The molecule has 0 radical (unpaired) electrons. The van der Waals surface area contributed by atoms with Crippen LogP contribution in [0.25, 0.3) is 10.9 Å². The molecule has 0 saturated carbocycles. The Hall–Kier alpha value is -1.84. The molecular weight excluding hydrogens is 216 g/mol. The molecule has 0 unspecified atom stereocenters. The Kier molecular flexibility index (Phi) is 4.69. The van der Waals surface area contributed by atoms with Crippen LogP contribution in [0.3, 0.4) is 0 Å². The van der Waals surface area contributed by atoms with Crippen LogP contribution in [-0.4, -0.2) is 24.2 Å². The lowest BCUT2D eigenvalue weighted by Crippen LogP contribution is -1.93. The topological polar surface area (TPSA) is 44.2 Å². The summed E-state index contributed by atoms with van der Waals surface area (Å²) in [6.07, 6.45) is 1.53. The monoisotopic (exact) mass is 234 g/mol. The second kappa shape index (κ2) is 6.03. The van der Waals surface area contributed by atoms with E-state index in [0.717, 1.165) is 22.3 Å².